The summed E-state index contributed by atoms with van der Waals surface area (Å²) >= 11 is 0. The molecule has 1 N–H and O–H groups in total. The van der Waals surface area contributed by atoms with Crippen LogP contribution in [0.4, 0.5) is 4.39 Å². The molecule has 6 nitrogen and oxygen atoms in total. The van der Waals surface area contributed by atoms with Crippen molar-refractivity contribution in [1.82, 2.24) is 14.5 Å². The molecule has 0 saturated carbocycles. The molecule has 25 heavy (non-hydrogen) atoms. The third kappa shape index (κ3) is 3.99. The smallest absolute Gasteiger partial charge is 0.242 e. The Balaban J connectivity index is 1.69. The summed E-state index contributed by atoms with van der Waals surface area (Å²) in [5.74, 6) is 0.635. The summed E-state index contributed by atoms with van der Waals surface area (Å²) in [6, 6.07) is 5.78. The van der Waals surface area contributed by atoms with Gasteiger partial charge in [0.1, 0.15) is 35.6 Å². The molecule has 0 spiro atoms. The average molecular weight is 347 g/mol. The van der Waals surface area contributed by atoms with Gasteiger partial charge in [-0.2, -0.15) is 0 Å². The lowest BCUT2D eigenvalue weighted by molar-refractivity contribution is -0.144. The van der Waals surface area contributed by atoms with Gasteiger partial charge in [-0.1, -0.05) is 6.07 Å². The molecular formula is C18H22FN3O3. The van der Waals surface area contributed by atoms with Crippen LogP contribution in [0.3, 0.4) is 0 Å². The second kappa shape index (κ2) is 6.84. The largest absolute Gasteiger partial charge is 0.485 e. The van der Waals surface area contributed by atoms with Crippen LogP contribution in [-0.2, 0) is 11.3 Å². The molecule has 1 aliphatic rings. The number of benzene rings is 1. The molecule has 7 heteroatoms. The Morgan fingerprint density at radius 1 is 1.52 bits per heavy atom. The molecule has 2 aromatic rings. The number of aliphatic hydroxyl groups is 1. The summed E-state index contributed by atoms with van der Waals surface area (Å²) in [6.45, 7) is 4.41. The van der Waals surface area contributed by atoms with Crippen molar-refractivity contribution in [2.75, 3.05) is 13.1 Å². The number of rotatable bonds is 4. The first kappa shape index (κ1) is 17.4. The Kier molecular flexibility index (Phi) is 4.76. The van der Waals surface area contributed by atoms with Gasteiger partial charge in [-0.25, -0.2) is 9.37 Å². The molecule has 1 aromatic heterocycles. The van der Waals surface area contributed by atoms with E-state index in [2.05, 4.69) is 4.98 Å². The van der Waals surface area contributed by atoms with E-state index in [4.69, 9.17) is 4.74 Å². The molecule has 0 aliphatic carbocycles. The molecule has 0 unspecified atom stereocenters. The first-order chi connectivity index (χ1) is 11.8. The molecule has 0 bridgehead atoms. The summed E-state index contributed by atoms with van der Waals surface area (Å²) in [5, 5.41) is 10.6. The van der Waals surface area contributed by atoms with Crippen LogP contribution in [0.2, 0.25) is 0 Å². The Bertz CT molecular complexity index is 760. The van der Waals surface area contributed by atoms with E-state index in [-0.39, 0.29) is 19.0 Å². The Morgan fingerprint density at radius 3 is 3.00 bits per heavy atom. The fraction of sp³-hybridized carbons (Fsp3) is 0.444. The van der Waals surface area contributed by atoms with Crippen LogP contribution in [0.25, 0.3) is 0 Å². The Hall–Kier alpha value is -2.41. The van der Waals surface area contributed by atoms with Crippen LogP contribution in [0.1, 0.15) is 19.2 Å². The molecule has 134 valence electrons. The van der Waals surface area contributed by atoms with E-state index < -0.39 is 17.5 Å². The van der Waals surface area contributed by atoms with Crippen molar-refractivity contribution in [2.24, 2.45) is 0 Å². The monoisotopic (exact) mass is 347 g/mol. The highest BCUT2D eigenvalue weighted by Gasteiger charge is 2.40. The van der Waals surface area contributed by atoms with Crippen LogP contribution >= 0.6 is 0 Å². The van der Waals surface area contributed by atoms with Crippen molar-refractivity contribution in [3.05, 3.63) is 48.3 Å². The third-order valence-corrected chi connectivity index (χ3v) is 4.62. The second-order valence-electron chi connectivity index (χ2n) is 6.61. The number of likely N-dealkylation sites (tertiary alicyclic amines) is 1. The predicted molar refractivity (Wildman–Crippen MR) is 89.6 cm³/mol. The highest BCUT2D eigenvalue weighted by molar-refractivity contribution is 5.76. The number of aromatic nitrogens is 2. The number of imidazole rings is 1. The van der Waals surface area contributed by atoms with E-state index in [9.17, 15) is 14.3 Å². The maximum absolute atomic E-state index is 13.4. The second-order valence-corrected chi connectivity index (χ2v) is 6.61. The van der Waals surface area contributed by atoms with Gasteiger partial charge in [-0.3, -0.25) is 4.79 Å². The zero-order valence-electron chi connectivity index (χ0n) is 14.4. The number of nitrogens with zero attached hydrogens (tertiary/aromatic N) is 3. The molecule has 3 rings (SSSR count). The van der Waals surface area contributed by atoms with E-state index >= 15 is 0 Å². The molecule has 0 radical (unpaired) electrons. The van der Waals surface area contributed by atoms with Gasteiger partial charge in [0.05, 0.1) is 6.54 Å². The van der Waals surface area contributed by atoms with Crippen LogP contribution < -0.4 is 4.74 Å². The lowest BCUT2D eigenvalue weighted by atomic mass is 9.90. The standard InChI is InChI=1S/C18H22FN3O3/c1-13-20-7-9-21(13)12-17(23)22-8-6-18(2,24)16(11-22)25-15-5-3-4-14(19)10-15/h3-5,7,9-10,16,24H,6,8,11-12H2,1-2H3/t16-,18-/m1/s1. The number of aryl methyl sites for hydroxylation is 1. The molecular weight excluding hydrogens is 325 g/mol. The van der Waals surface area contributed by atoms with Crippen molar-refractivity contribution in [2.45, 2.75) is 38.5 Å². The molecule has 1 saturated heterocycles. The van der Waals surface area contributed by atoms with Crippen molar-refractivity contribution in [3.63, 3.8) is 0 Å². The fourth-order valence-corrected chi connectivity index (χ4v) is 2.92. The lowest BCUT2D eigenvalue weighted by Gasteiger charge is -2.42. The zero-order chi connectivity index (χ0) is 18.0. The summed E-state index contributed by atoms with van der Waals surface area (Å²) in [4.78, 5) is 18.3. The first-order valence-electron chi connectivity index (χ1n) is 8.25. The number of hydrogen-bond acceptors (Lipinski definition) is 4. The predicted octanol–water partition coefficient (Wildman–Crippen LogP) is 1.76. The molecule has 1 amide bonds. The maximum atomic E-state index is 13.4. The first-order valence-corrected chi connectivity index (χ1v) is 8.25. The van der Waals surface area contributed by atoms with Crippen molar-refractivity contribution in [1.29, 1.82) is 0 Å². The van der Waals surface area contributed by atoms with Crippen LogP contribution in [0.5, 0.6) is 5.75 Å². The third-order valence-electron chi connectivity index (χ3n) is 4.62. The van der Waals surface area contributed by atoms with Gasteiger partial charge >= 0.3 is 0 Å². The SMILES string of the molecule is Cc1nccn1CC(=O)N1CC[C@@](C)(O)[C@H](Oc2cccc(F)c2)C1. The summed E-state index contributed by atoms with van der Waals surface area (Å²) in [5.41, 5.74) is -1.09. The number of ether oxygens (including phenoxy) is 1. The average Bonchev–Trinajstić information content (AvgIpc) is 2.94. The quantitative estimate of drug-likeness (QED) is 0.915. The number of carbonyl (C=O) groups is 1. The number of piperidine rings is 1. The number of halogens is 1. The van der Waals surface area contributed by atoms with E-state index in [1.54, 1.807) is 40.9 Å². The van der Waals surface area contributed by atoms with Gasteiger partial charge in [0.15, 0.2) is 0 Å². The van der Waals surface area contributed by atoms with Gasteiger partial charge in [0.2, 0.25) is 5.91 Å². The van der Waals surface area contributed by atoms with Crippen LogP contribution in [0.15, 0.2) is 36.7 Å². The highest BCUT2D eigenvalue weighted by atomic mass is 19.1. The molecule has 1 fully saturated rings. The lowest BCUT2D eigenvalue weighted by Crippen LogP contribution is -2.58. The number of amides is 1. The van der Waals surface area contributed by atoms with Gasteiger partial charge in [0, 0.05) is 25.0 Å². The van der Waals surface area contributed by atoms with Gasteiger partial charge in [-0.05, 0) is 32.4 Å². The number of carbonyl (C=O) groups excluding carboxylic acids is 1. The van der Waals surface area contributed by atoms with Crippen LogP contribution in [0, 0.1) is 12.7 Å². The topological polar surface area (TPSA) is 67.6 Å². The van der Waals surface area contributed by atoms with Gasteiger partial charge in [-0.15, -0.1) is 0 Å². The molecule has 2 heterocycles. The minimum Gasteiger partial charge on any atom is -0.485 e. The van der Waals surface area contributed by atoms with Gasteiger partial charge < -0.3 is 19.3 Å². The van der Waals surface area contributed by atoms with Crippen molar-refractivity contribution < 1.29 is 19.0 Å². The minimum absolute atomic E-state index is 0.0653. The normalized spacial score (nSPS) is 23.5. The molecule has 1 aliphatic heterocycles. The molecule has 1 aromatic carbocycles. The Labute approximate surface area is 145 Å². The van der Waals surface area contributed by atoms with Gasteiger partial charge in [0.25, 0.3) is 0 Å². The zero-order valence-corrected chi connectivity index (χ0v) is 14.4. The van der Waals surface area contributed by atoms with E-state index in [0.29, 0.717) is 18.7 Å². The maximum Gasteiger partial charge on any atom is 0.242 e. The highest BCUT2D eigenvalue weighted by Crippen LogP contribution is 2.27. The van der Waals surface area contributed by atoms with E-state index in [1.165, 1.54) is 12.1 Å². The van der Waals surface area contributed by atoms with E-state index in [0.717, 1.165) is 5.82 Å². The van der Waals surface area contributed by atoms with Crippen molar-refractivity contribution >= 4 is 5.91 Å². The van der Waals surface area contributed by atoms with Crippen LogP contribution in [-0.4, -0.2) is 50.3 Å². The fourth-order valence-electron chi connectivity index (χ4n) is 2.92. The minimum atomic E-state index is -1.09. The number of hydrogen-bond donors (Lipinski definition) is 1. The van der Waals surface area contributed by atoms with E-state index in [1.807, 2.05) is 6.92 Å². The summed E-state index contributed by atoms with van der Waals surface area (Å²) in [7, 11) is 0. The molecule has 2 atom stereocenters. The summed E-state index contributed by atoms with van der Waals surface area (Å²) < 4.78 is 20.9. The van der Waals surface area contributed by atoms with Crippen molar-refractivity contribution in [3.8, 4) is 5.75 Å². The Morgan fingerprint density at radius 2 is 2.32 bits per heavy atom. The summed E-state index contributed by atoms with van der Waals surface area (Å²) in [6.07, 6.45) is 3.17.